The van der Waals surface area contributed by atoms with Gasteiger partial charge in [-0.3, -0.25) is 0 Å². The fraction of sp³-hybridized carbons (Fsp3) is 0.514. The van der Waals surface area contributed by atoms with Gasteiger partial charge in [0.2, 0.25) is 0 Å². The second-order valence-electron chi connectivity index (χ2n) is 13.0. The lowest BCUT2D eigenvalue weighted by Gasteiger charge is -2.31. The smallest absolute Gasteiger partial charge is 0.126 e. The summed E-state index contributed by atoms with van der Waals surface area (Å²) in [5.41, 5.74) is 12.3. The average Bonchev–Trinajstić information content (AvgIpc) is 2.98. The molecule has 0 spiro atoms. The topological polar surface area (TPSA) is 87.7 Å². The zero-order chi connectivity index (χ0) is 30.9. The van der Waals surface area contributed by atoms with Gasteiger partial charge in [0, 0.05) is 41.4 Å². The van der Waals surface area contributed by atoms with E-state index in [1.807, 2.05) is 42.5 Å². The molecule has 0 radical (unpaired) electrons. The molecule has 0 aliphatic heterocycles. The van der Waals surface area contributed by atoms with Crippen molar-refractivity contribution in [3.05, 3.63) is 76.9 Å². The van der Waals surface area contributed by atoms with Crippen molar-refractivity contribution in [2.45, 2.75) is 110 Å². The van der Waals surface area contributed by atoms with Crippen molar-refractivity contribution in [3.8, 4) is 28.4 Å². The molecule has 0 aromatic heterocycles. The molecule has 0 unspecified atom stereocenters. The Bertz CT molecular complexity index is 1300. The second kappa shape index (κ2) is 14.9. The molecule has 3 aromatic rings. The third-order valence-corrected chi connectivity index (χ3v) is 9.23. The van der Waals surface area contributed by atoms with Crippen LogP contribution in [0.5, 0.6) is 17.2 Å². The maximum atomic E-state index is 11.2. The number of aromatic hydroxyl groups is 2. The van der Waals surface area contributed by atoms with Gasteiger partial charge in [-0.25, -0.2) is 0 Å². The quantitative estimate of drug-likeness (QED) is 0.129. The zero-order valence-corrected chi connectivity index (χ0v) is 27.0. The first kappa shape index (κ1) is 33.5. The van der Waals surface area contributed by atoms with E-state index in [1.165, 1.54) is 5.56 Å². The monoisotopic (exact) mass is 574 g/mol. The molecule has 0 aliphatic carbocycles. The van der Waals surface area contributed by atoms with Gasteiger partial charge in [-0.15, -0.1) is 0 Å². The highest BCUT2D eigenvalue weighted by Crippen LogP contribution is 2.40. The third-order valence-electron chi connectivity index (χ3n) is 9.23. The first-order chi connectivity index (χ1) is 19.9. The first-order valence-corrected chi connectivity index (χ1v) is 15.7. The maximum absolute atomic E-state index is 11.2. The fourth-order valence-electron chi connectivity index (χ4n) is 5.40. The van der Waals surface area contributed by atoms with E-state index in [-0.39, 0.29) is 16.9 Å². The minimum Gasteiger partial charge on any atom is -0.507 e. The second-order valence-corrected chi connectivity index (χ2v) is 13.0. The van der Waals surface area contributed by atoms with Crippen LogP contribution in [0, 0.1) is 0 Å². The van der Waals surface area contributed by atoms with Crippen molar-refractivity contribution in [2.24, 2.45) is 5.73 Å². The van der Waals surface area contributed by atoms with Crippen LogP contribution >= 0.6 is 0 Å². The predicted molar refractivity (Wildman–Crippen MR) is 177 cm³/mol. The van der Waals surface area contributed by atoms with E-state index in [0.29, 0.717) is 24.6 Å². The van der Waals surface area contributed by atoms with Gasteiger partial charge in [0.1, 0.15) is 17.2 Å². The standard InChI is InChI=1S/C37H54N2O3/c1-8-36(3,4)28-22-27(35(41)32(23-28)37(5,6)9-2)24-39-25-29(38)18-12-10-11-16-26-17-15-20-31(34(26)40)30-19-13-14-21-33(30)42-7/h13-15,17,19-23,29,39-41H,8-12,16,18,24-25,38H2,1-7H3/t29-/m0/s1. The Morgan fingerprint density at radius 1 is 0.810 bits per heavy atom. The highest BCUT2D eigenvalue weighted by Gasteiger charge is 2.28. The van der Waals surface area contributed by atoms with Crippen LogP contribution in [0.3, 0.4) is 0 Å². The molecule has 1 atom stereocenters. The van der Waals surface area contributed by atoms with Crippen molar-refractivity contribution in [3.63, 3.8) is 0 Å². The van der Waals surface area contributed by atoms with E-state index in [0.717, 1.165) is 78.5 Å². The Morgan fingerprint density at radius 3 is 2.19 bits per heavy atom. The van der Waals surface area contributed by atoms with Gasteiger partial charge in [0.25, 0.3) is 0 Å². The van der Waals surface area contributed by atoms with Gasteiger partial charge in [-0.2, -0.15) is 0 Å². The third kappa shape index (κ3) is 8.29. The molecule has 3 aromatic carbocycles. The first-order valence-electron chi connectivity index (χ1n) is 15.7. The molecular weight excluding hydrogens is 520 g/mol. The van der Waals surface area contributed by atoms with Crippen molar-refractivity contribution in [1.29, 1.82) is 0 Å². The molecule has 0 aliphatic rings. The summed E-state index contributed by atoms with van der Waals surface area (Å²) >= 11 is 0. The van der Waals surface area contributed by atoms with E-state index >= 15 is 0 Å². The molecule has 5 nitrogen and oxygen atoms in total. The van der Waals surface area contributed by atoms with E-state index in [2.05, 4.69) is 59.0 Å². The van der Waals surface area contributed by atoms with E-state index < -0.39 is 0 Å². The largest absolute Gasteiger partial charge is 0.507 e. The summed E-state index contributed by atoms with van der Waals surface area (Å²) in [5, 5.41) is 25.7. The van der Waals surface area contributed by atoms with Crippen LogP contribution in [0.15, 0.2) is 54.6 Å². The van der Waals surface area contributed by atoms with Crippen LogP contribution in [0.1, 0.15) is 102 Å². The Kier molecular flexibility index (Phi) is 11.9. The van der Waals surface area contributed by atoms with Crippen LogP contribution in [0.25, 0.3) is 11.1 Å². The van der Waals surface area contributed by atoms with E-state index in [9.17, 15) is 10.2 Å². The Balaban J connectivity index is 1.51. The van der Waals surface area contributed by atoms with Crippen LogP contribution < -0.4 is 15.8 Å². The summed E-state index contributed by atoms with van der Waals surface area (Å²) in [5.74, 6) is 1.50. The molecule has 42 heavy (non-hydrogen) atoms. The van der Waals surface area contributed by atoms with Gasteiger partial charge in [-0.1, -0.05) is 103 Å². The van der Waals surface area contributed by atoms with Crippen molar-refractivity contribution in [1.82, 2.24) is 5.32 Å². The SMILES string of the molecule is CCC(C)(C)c1cc(CNC[C@@H](N)CCCCCc2cccc(-c3ccccc3OC)c2O)c(O)c(C(C)(C)CC)c1. The molecule has 0 fully saturated rings. The number of hydrogen-bond donors (Lipinski definition) is 4. The normalized spacial score (nSPS) is 12.9. The zero-order valence-electron chi connectivity index (χ0n) is 27.0. The minimum absolute atomic E-state index is 0.0456. The number of para-hydroxylation sites is 2. The molecule has 0 amide bonds. The molecule has 0 heterocycles. The Labute approximate surface area is 254 Å². The lowest BCUT2D eigenvalue weighted by atomic mass is 9.75. The predicted octanol–water partition coefficient (Wildman–Crippen LogP) is 8.37. The van der Waals surface area contributed by atoms with Crippen LogP contribution in [0.2, 0.25) is 0 Å². The van der Waals surface area contributed by atoms with Crippen LogP contribution in [-0.2, 0) is 23.8 Å². The van der Waals surface area contributed by atoms with Crippen molar-refractivity contribution in [2.75, 3.05) is 13.7 Å². The van der Waals surface area contributed by atoms with Gasteiger partial charge in [-0.05, 0) is 60.1 Å². The molecule has 0 saturated carbocycles. The van der Waals surface area contributed by atoms with Gasteiger partial charge in [0.15, 0.2) is 0 Å². The number of phenols is 2. The molecular formula is C37H54N2O3. The minimum atomic E-state index is -0.0956. The fourth-order valence-corrected chi connectivity index (χ4v) is 5.40. The summed E-state index contributed by atoms with van der Waals surface area (Å²) in [6.07, 6.45) is 6.83. The van der Waals surface area contributed by atoms with Gasteiger partial charge >= 0.3 is 0 Å². The molecule has 230 valence electrons. The highest BCUT2D eigenvalue weighted by molar-refractivity contribution is 5.76. The van der Waals surface area contributed by atoms with Gasteiger partial charge in [0.05, 0.1) is 7.11 Å². The lowest BCUT2D eigenvalue weighted by Crippen LogP contribution is -2.33. The maximum Gasteiger partial charge on any atom is 0.126 e. The Hall–Kier alpha value is -3.02. The number of aryl methyl sites for hydroxylation is 1. The number of benzene rings is 3. The summed E-state index contributed by atoms with van der Waals surface area (Å²) in [4.78, 5) is 0. The highest BCUT2D eigenvalue weighted by atomic mass is 16.5. The molecule has 3 rings (SSSR count). The average molecular weight is 575 g/mol. The van der Waals surface area contributed by atoms with Crippen molar-refractivity contribution < 1.29 is 14.9 Å². The van der Waals surface area contributed by atoms with Gasteiger partial charge < -0.3 is 26.0 Å². The van der Waals surface area contributed by atoms with Crippen molar-refractivity contribution >= 4 is 0 Å². The number of rotatable bonds is 16. The van der Waals surface area contributed by atoms with E-state index in [4.69, 9.17) is 10.5 Å². The lowest BCUT2D eigenvalue weighted by molar-refractivity contribution is 0.415. The summed E-state index contributed by atoms with van der Waals surface area (Å²) in [6, 6.07) is 18.2. The van der Waals surface area contributed by atoms with Crippen LogP contribution in [0.4, 0.5) is 0 Å². The van der Waals surface area contributed by atoms with Crippen LogP contribution in [-0.4, -0.2) is 29.9 Å². The molecule has 0 bridgehead atoms. The summed E-state index contributed by atoms with van der Waals surface area (Å²) < 4.78 is 5.49. The summed E-state index contributed by atoms with van der Waals surface area (Å²) in [7, 11) is 1.65. The number of nitrogens with two attached hydrogens (primary N) is 1. The Morgan fingerprint density at radius 2 is 1.50 bits per heavy atom. The molecule has 5 heteroatoms. The number of methoxy groups -OCH3 is 1. The number of ether oxygens (including phenoxy) is 1. The molecule has 0 saturated heterocycles. The number of phenolic OH excluding ortho intramolecular Hbond substituents is 2. The number of hydrogen-bond acceptors (Lipinski definition) is 5. The number of unbranched alkanes of at least 4 members (excludes halogenated alkanes) is 2. The summed E-state index contributed by atoms with van der Waals surface area (Å²) in [6.45, 7) is 14.7. The van der Waals surface area contributed by atoms with E-state index in [1.54, 1.807) is 7.11 Å². The molecule has 5 N–H and O–H groups in total. The number of nitrogens with one attached hydrogen (secondary N) is 1.